The molecule has 0 radical (unpaired) electrons. The molecule has 0 N–H and O–H groups in total. The molecule has 0 unspecified atom stereocenters. The van der Waals surface area contributed by atoms with Crippen molar-refractivity contribution in [2.24, 2.45) is 7.05 Å². The number of carbonyl (C=O) groups is 1. The molecule has 2 aromatic carbocycles. The lowest BCUT2D eigenvalue weighted by atomic mass is 10.2. The predicted octanol–water partition coefficient (Wildman–Crippen LogP) is 5.31. The summed E-state index contributed by atoms with van der Waals surface area (Å²) < 4.78 is 1.88. The first-order valence-corrected chi connectivity index (χ1v) is 8.65. The second kappa shape index (κ2) is 7.34. The van der Waals surface area contributed by atoms with Gasteiger partial charge in [0.05, 0.1) is 0 Å². The van der Waals surface area contributed by atoms with Crippen molar-refractivity contribution in [1.29, 1.82) is 0 Å². The van der Waals surface area contributed by atoms with Gasteiger partial charge in [0.2, 0.25) is 0 Å². The van der Waals surface area contributed by atoms with Crippen LogP contribution in [0.4, 0.5) is 0 Å². The van der Waals surface area contributed by atoms with Gasteiger partial charge in [-0.1, -0.05) is 47.5 Å². The van der Waals surface area contributed by atoms with Crippen molar-refractivity contribution in [3.05, 3.63) is 82.5 Å². The van der Waals surface area contributed by atoms with Crippen LogP contribution in [0.2, 0.25) is 10.0 Å². The summed E-state index contributed by atoms with van der Waals surface area (Å²) in [5, 5.41) is 2.19. The normalized spacial score (nSPS) is 10.8. The summed E-state index contributed by atoms with van der Waals surface area (Å²) in [4.78, 5) is 14.8. The van der Waals surface area contributed by atoms with Crippen molar-refractivity contribution >= 4 is 40.0 Å². The molecular weight excluding hydrogens is 355 g/mol. The SMILES string of the molecule is C=CCN(Cc1ccc(Cl)cc1)C(=O)c1cc2c(Cl)cccc2n1C. The molecule has 0 fully saturated rings. The van der Waals surface area contributed by atoms with Crippen LogP contribution >= 0.6 is 23.2 Å². The fourth-order valence-corrected chi connectivity index (χ4v) is 3.23. The first-order chi connectivity index (χ1) is 12.0. The standard InChI is InChI=1S/C20H18Cl2N2O/c1-3-11-24(13-14-7-9-15(21)10-8-14)20(25)19-12-16-17(22)5-4-6-18(16)23(19)2/h3-10,12H,1,11,13H2,2H3. The van der Waals surface area contributed by atoms with Crippen LogP contribution in [0.5, 0.6) is 0 Å². The van der Waals surface area contributed by atoms with Gasteiger partial charge < -0.3 is 9.47 Å². The Kier molecular flexibility index (Phi) is 5.16. The van der Waals surface area contributed by atoms with Crippen molar-refractivity contribution in [2.45, 2.75) is 6.54 Å². The highest BCUT2D eigenvalue weighted by Gasteiger charge is 2.20. The molecule has 0 spiro atoms. The van der Waals surface area contributed by atoms with Gasteiger partial charge in [-0.2, -0.15) is 0 Å². The Bertz CT molecular complexity index is 929. The van der Waals surface area contributed by atoms with Crippen molar-refractivity contribution in [3.8, 4) is 0 Å². The lowest BCUT2D eigenvalue weighted by Gasteiger charge is -2.21. The molecule has 25 heavy (non-hydrogen) atoms. The summed E-state index contributed by atoms with van der Waals surface area (Å²) in [5.41, 5.74) is 2.54. The van der Waals surface area contributed by atoms with E-state index in [0.717, 1.165) is 16.5 Å². The van der Waals surface area contributed by atoms with Gasteiger partial charge in [0.1, 0.15) is 5.69 Å². The van der Waals surface area contributed by atoms with Crippen molar-refractivity contribution < 1.29 is 4.79 Å². The van der Waals surface area contributed by atoms with Crippen LogP contribution < -0.4 is 0 Å². The Morgan fingerprint density at radius 2 is 1.92 bits per heavy atom. The Morgan fingerprint density at radius 1 is 1.20 bits per heavy atom. The fraction of sp³-hybridized carbons (Fsp3) is 0.150. The van der Waals surface area contributed by atoms with Gasteiger partial charge in [-0.25, -0.2) is 0 Å². The molecule has 0 saturated heterocycles. The van der Waals surface area contributed by atoms with Crippen LogP contribution in [-0.4, -0.2) is 21.9 Å². The number of benzene rings is 2. The maximum atomic E-state index is 13.1. The van der Waals surface area contributed by atoms with E-state index in [1.54, 1.807) is 11.0 Å². The molecule has 1 amide bonds. The van der Waals surface area contributed by atoms with Gasteiger partial charge >= 0.3 is 0 Å². The van der Waals surface area contributed by atoms with E-state index in [1.165, 1.54) is 0 Å². The van der Waals surface area contributed by atoms with Crippen molar-refractivity contribution in [1.82, 2.24) is 9.47 Å². The number of fused-ring (bicyclic) bond motifs is 1. The molecule has 0 atom stereocenters. The number of aryl methyl sites for hydroxylation is 1. The Balaban J connectivity index is 1.95. The molecule has 128 valence electrons. The fourth-order valence-electron chi connectivity index (χ4n) is 2.88. The Hall–Kier alpha value is -2.23. The Labute approximate surface area is 157 Å². The molecule has 3 nitrogen and oxygen atoms in total. The molecular formula is C20H18Cl2N2O. The molecule has 0 aliphatic carbocycles. The molecule has 3 aromatic rings. The maximum absolute atomic E-state index is 13.1. The molecule has 1 heterocycles. The van der Waals surface area contributed by atoms with Gasteiger partial charge in [-0.3, -0.25) is 4.79 Å². The quantitative estimate of drug-likeness (QED) is 0.556. The largest absolute Gasteiger partial charge is 0.340 e. The predicted molar refractivity (Wildman–Crippen MR) is 104 cm³/mol. The van der Waals surface area contributed by atoms with Gasteiger partial charge in [0.25, 0.3) is 5.91 Å². The average molecular weight is 373 g/mol. The first kappa shape index (κ1) is 17.6. The zero-order valence-corrected chi connectivity index (χ0v) is 15.4. The second-order valence-corrected chi connectivity index (χ2v) is 6.71. The van der Waals surface area contributed by atoms with Gasteiger partial charge in [0, 0.05) is 41.1 Å². The lowest BCUT2D eigenvalue weighted by Crippen LogP contribution is -2.32. The number of hydrogen-bond acceptors (Lipinski definition) is 1. The smallest absolute Gasteiger partial charge is 0.271 e. The van der Waals surface area contributed by atoms with Gasteiger partial charge in [0.15, 0.2) is 0 Å². The summed E-state index contributed by atoms with van der Waals surface area (Å²) in [5.74, 6) is -0.0652. The summed E-state index contributed by atoms with van der Waals surface area (Å²) >= 11 is 12.2. The van der Waals surface area contributed by atoms with E-state index in [0.29, 0.717) is 28.8 Å². The van der Waals surface area contributed by atoms with E-state index in [1.807, 2.05) is 60.1 Å². The number of rotatable bonds is 5. The Morgan fingerprint density at radius 3 is 2.56 bits per heavy atom. The van der Waals surface area contributed by atoms with Crippen LogP contribution in [-0.2, 0) is 13.6 Å². The topological polar surface area (TPSA) is 25.2 Å². The highest BCUT2D eigenvalue weighted by atomic mass is 35.5. The molecule has 0 aliphatic rings. The number of nitrogens with zero attached hydrogens (tertiary/aromatic N) is 2. The number of halogens is 2. The minimum Gasteiger partial charge on any atom is -0.340 e. The molecule has 0 bridgehead atoms. The third-order valence-electron chi connectivity index (χ3n) is 4.18. The summed E-state index contributed by atoms with van der Waals surface area (Å²) in [7, 11) is 1.88. The zero-order chi connectivity index (χ0) is 18.0. The van der Waals surface area contributed by atoms with E-state index in [2.05, 4.69) is 6.58 Å². The van der Waals surface area contributed by atoms with Crippen molar-refractivity contribution in [2.75, 3.05) is 6.54 Å². The van der Waals surface area contributed by atoms with Gasteiger partial charge in [-0.05, 0) is 35.9 Å². The number of carbonyl (C=O) groups excluding carboxylic acids is 1. The van der Waals surface area contributed by atoms with E-state index in [9.17, 15) is 4.79 Å². The first-order valence-electron chi connectivity index (χ1n) is 7.90. The summed E-state index contributed by atoms with van der Waals surface area (Å²) in [6.45, 7) is 4.71. The number of hydrogen-bond donors (Lipinski definition) is 0. The third-order valence-corrected chi connectivity index (χ3v) is 4.76. The van der Waals surface area contributed by atoms with E-state index < -0.39 is 0 Å². The highest BCUT2D eigenvalue weighted by Crippen LogP contribution is 2.27. The number of amides is 1. The lowest BCUT2D eigenvalue weighted by molar-refractivity contribution is 0.0753. The van der Waals surface area contributed by atoms with Gasteiger partial charge in [-0.15, -0.1) is 6.58 Å². The minimum atomic E-state index is -0.0652. The minimum absolute atomic E-state index is 0.0652. The summed E-state index contributed by atoms with van der Waals surface area (Å²) in [6.07, 6.45) is 1.73. The van der Waals surface area contributed by atoms with Crippen LogP contribution in [0, 0.1) is 0 Å². The molecule has 5 heteroatoms. The van der Waals surface area contributed by atoms with E-state index >= 15 is 0 Å². The highest BCUT2D eigenvalue weighted by molar-refractivity contribution is 6.35. The van der Waals surface area contributed by atoms with Crippen LogP contribution in [0.25, 0.3) is 10.9 Å². The maximum Gasteiger partial charge on any atom is 0.271 e. The van der Waals surface area contributed by atoms with Crippen LogP contribution in [0.15, 0.2) is 61.2 Å². The monoisotopic (exact) mass is 372 g/mol. The second-order valence-electron chi connectivity index (χ2n) is 5.86. The number of aromatic nitrogens is 1. The molecule has 3 rings (SSSR count). The zero-order valence-electron chi connectivity index (χ0n) is 13.9. The van der Waals surface area contributed by atoms with Crippen molar-refractivity contribution in [3.63, 3.8) is 0 Å². The third kappa shape index (κ3) is 3.58. The average Bonchev–Trinajstić information content (AvgIpc) is 2.94. The molecule has 0 aliphatic heterocycles. The summed E-state index contributed by atoms with van der Waals surface area (Å²) in [6, 6.07) is 15.0. The van der Waals surface area contributed by atoms with E-state index in [-0.39, 0.29) is 5.91 Å². The van der Waals surface area contributed by atoms with E-state index in [4.69, 9.17) is 23.2 Å². The molecule has 0 saturated carbocycles. The van der Waals surface area contributed by atoms with Crippen LogP contribution in [0.3, 0.4) is 0 Å². The van der Waals surface area contributed by atoms with Crippen LogP contribution in [0.1, 0.15) is 16.1 Å². The molecule has 1 aromatic heterocycles.